The van der Waals surface area contributed by atoms with Gasteiger partial charge in [0.15, 0.2) is 0 Å². The van der Waals surface area contributed by atoms with Crippen LogP contribution in [-0.2, 0) is 0 Å². The zero-order valence-electron chi connectivity index (χ0n) is 18.7. The molecule has 4 aliphatic carbocycles. The molecule has 0 aromatic rings. The Morgan fingerprint density at radius 3 is 2.52 bits per heavy atom. The van der Waals surface area contributed by atoms with Crippen LogP contribution in [0.2, 0.25) is 0 Å². The number of fused-ring (bicyclic) bond motifs is 1. The minimum Gasteiger partial charge on any atom is -0.393 e. The van der Waals surface area contributed by atoms with Crippen molar-refractivity contribution in [3.05, 3.63) is 12.2 Å². The average molecular weight is 402 g/mol. The lowest BCUT2D eigenvalue weighted by atomic mass is 9.51. The van der Waals surface area contributed by atoms with Crippen molar-refractivity contribution in [1.29, 1.82) is 5.41 Å². The van der Waals surface area contributed by atoms with Crippen molar-refractivity contribution in [2.24, 2.45) is 40.4 Å². The summed E-state index contributed by atoms with van der Waals surface area (Å²) >= 11 is 0. The summed E-state index contributed by atoms with van der Waals surface area (Å²) < 4.78 is 0. The summed E-state index contributed by atoms with van der Waals surface area (Å²) in [6.45, 7) is 4.97. The summed E-state index contributed by atoms with van der Waals surface area (Å²) in [7, 11) is 0. The summed E-state index contributed by atoms with van der Waals surface area (Å²) in [5, 5.41) is 28.1. The van der Waals surface area contributed by atoms with Crippen molar-refractivity contribution in [2.45, 2.75) is 103 Å². The SMILES string of the molecule is CC1(C2CCC3(C)C(CCCC(O)C4CC4)CCC3C2CC=N)C=CC(O)CC1. The molecular formula is C26H43NO2. The molecule has 0 heterocycles. The van der Waals surface area contributed by atoms with Gasteiger partial charge in [0.2, 0.25) is 0 Å². The molecule has 3 saturated carbocycles. The standard InChI is InChI=1S/C26H43NO2/c1-25(14-10-20(28)11-15-25)22-12-16-26(2)19(4-3-5-24(29)18-6-7-18)8-9-23(26)21(22)13-17-27/h10,14,17-24,27-29H,3-9,11-13,15-16H2,1-2H3. The van der Waals surface area contributed by atoms with Crippen molar-refractivity contribution in [2.75, 3.05) is 0 Å². The first-order chi connectivity index (χ1) is 13.9. The maximum atomic E-state index is 10.2. The second-order valence-corrected chi connectivity index (χ2v) is 11.4. The van der Waals surface area contributed by atoms with Crippen molar-refractivity contribution < 1.29 is 10.2 Å². The fourth-order valence-electron chi connectivity index (χ4n) is 7.72. The van der Waals surface area contributed by atoms with Gasteiger partial charge in [-0.2, -0.15) is 0 Å². The molecule has 3 nitrogen and oxygen atoms in total. The van der Waals surface area contributed by atoms with Gasteiger partial charge in [-0.15, -0.1) is 0 Å². The molecule has 0 spiro atoms. The molecule has 0 amide bonds. The smallest absolute Gasteiger partial charge is 0.0721 e. The molecule has 3 heteroatoms. The third-order valence-corrected chi connectivity index (χ3v) is 9.77. The molecule has 0 saturated heterocycles. The minimum atomic E-state index is -0.264. The molecule has 0 aliphatic heterocycles. The fraction of sp³-hybridized carbons (Fsp3) is 0.885. The van der Waals surface area contributed by atoms with Gasteiger partial charge in [-0.05, 0) is 117 Å². The molecule has 3 N–H and O–H groups in total. The van der Waals surface area contributed by atoms with E-state index in [4.69, 9.17) is 5.41 Å². The average Bonchev–Trinajstić information content (AvgIpc) is 3.49. The monoisotopic (exact) mass is 401 g/mol. The van der Waals surface area contributed by atoms with Crippen LogP contribution in [0.4, 0.5) is 0 Å². The first-order valence-electron chi connectivity index (χ1n) is 12.4. The van der Waals surface area contributed by atoms with Crippen LogP contribution < -0.4 is 0 Å². The normalized spacial score (nSPS) is 45.7. The third kappa shape index (κ3) is 4.24. The van der Waals surface area contributed by atoms with Gasteiger partial charge in [0.05, 0.1) is 12.2 Å². The van der Waals surface area contributed by atoms with Crippen LogP contribution in [-0.4, -0.2) is 28.6 Å². The second-order valence-electron chi connectivity index (χ2n) is 11.4. The minimum absolute atomic E-state index is 0.0465. The molecule has 3 fully saturated rings. The highest BCUT2D eigenvalue weighted by Gasteiger charge is 2.55. The van der Waals surface area contributed by atoms with Crippen LogP contribution >= 0.6 is 0 Å². The Kier molecular flexibility index (Phi) is 6.29. The van der Waals surface area contributed by atoms with E-state index in [1.807, 2.05) is 6.08 Å². The van der Waals surface area contributed by atoms with Crippen LogP contribution in [0, 0.1) is 45.8 Å². The van der Waals surface area contributed by atoms with E-state index >= 15 is 0 Å². The number of aliphatic hydroxyl groups is 2. The lowest BCUT2D eigenvalue weighted by Gasteiger charge is -2.54. The second kappa shape index (κ2) is 8.46. The molecular weight excluding hydrogens is 358 g/mol. The molecule has 0 aromatic heterocycles. The van der Waals surface area contributed by atoms with Gasteiger partial charge in [-0.25, -0.2) is 0 Å². The zero-order chi connectivity index (χ0) is 20.6. The van der Waals surface area contributed by atoms with E-state index in [2.05, 4.69) is 19.9 Å². The van der Waals surface area contributed by atoms with Crippen molar-refractivity contribution in [1.82, 2.24) is 0 Å². The number of nitrogens with one attached hydrogen (secondary N) is 1. The maximum Gasteiger partial charge on any atom is 0.0721 e. The molecule has 8 atom stereocenters. The van der Waals surface area contributed by atoms with Gasteiger partial charge in [0.25, 0.3) is 0 Å². The number of hydrogen-bond acceptors (Lipinski definition) is 3. The Morgan fingerprint density at radius 2 is 1.86 bits per heavy atom. The summed E-state index contributed by atoms with van der Waals surface area (Å²) in [6, 6.07) is 0. The fourth-order valence-corrected chi connectivity index (χ4v) is 7.72. The Hall–Kier alpha value is -0.670. The van der Waals surface area contributed by atoms with Crippen LogP contribution in [0.25, 0.3) is 0 Å². The predicted octanol–water partition coefficient (Wildman–Crippen LogP) is 5.74. The van der Waals surface area contributed by atoms with E-state index in [1.54, 1.807) is 6.21 Å². The van der Waals surface area contributed by atoms with E-state index in [1.165, 1.54) is 51.4 Å². The van der Waals surface area contributed by atoms with Gasteiger partial charge in [-0.3, -0.25) is 0 Å². The zero-order valence-corrected chi connectivity index (χ0v) is 18.7. The molecule has 164 valence electrons. The molecule has 4 aliphatic rings. The van der Waals surface area contributed by atoms with E-state index in [0.717, 1.165) is 37.5 Å². The van der Waals surface area contributed by atoms with Gasteiger partial charge < -0.3 is 15.6 Å². The van der Waals surface area contributed by atoms with Crippen molar-refractivity contribution >= 4 is 6.21 Å². The highest BCUT2D eigenvalue weighted by molar-refractivity contribution is 5.53. The summed E-state index contributed by atoms with van der Waals surface area (Å²) in [5.74, 6) is 3.39. The van der Waals surface area contributed by atoms with E-state index in [0.29, 0.717) is 23.2 Å². The Bertz CT molecular complexity index is 614. The van der Waals surface area contributed by atoms with Crippen LogP contribution in [0.5, 0.6) is 0 Å². The third-order valence-electron chi connectivity index (χ3n) is 9.77. The Morgan fingerprint density at radius 1 is 1.07 bits per heavy atom. The largest absolute Gasteiger partial charge is 0.393 e. The summed E-state index contributed by atoms with van der Waals surface area (Å²) in [5.41, 5.74) is 0.601. The van der Waals surface area contributed by atoms with Crippen LogP contribution in [0.1, 0.15) is 90.9 Å². The Labute approximate surface area is 177 Å². The molecule has 0 aromatic carbocycles. The number of allylic oxidation sites excluding steroid dienone is 1. The highest BCUT2D eigenvalue weighted by atomic mass is 16.3. The Balaban J connectivity index is 1.44. The van der Waals surface area contributed by atoms with Crippen molar-refractivity contribution in [3.63, 3.8) is 0 Å². The summed E-state index contributed by atoms with van der Waals surface area (Å²) in [4.78, 5) is 0. The molecule has 8 unspecified atom stereocenters. The predicted molar refractivity (Wildman–Crippen MR) is 119 cm³/mol. The number of aliphatic hydroxyl groups excluding tert-OH is 2. The first kappa shape index (κ1) is 21.6. The number of hydrogen-bond donors (Lipinski definition) is 3. The molecule has 0 radical (unpaired) electrons. The van der Waals surface area contributed by atoms with Crippen molar-refractivity contribution in [3.8, 4) is 0 Å². The van der Waals surface area contributed by atoms with E-state index in [9.17, 15) is 10.2 Å². The van der Waals surface area contributed by atoms with Gasteiger partial charge in [-0.1, -0.05) is 32.4 Å². The lowest BCUT2D eigenvalue weighted by Crippen LogP contribution is -2.47. The summed E-state index contributed by atoms with van der Waals surface area (Å²) in [6.07, 6.45) is 19.8. The quantitative estimate of drug-likeness (QED) is 0.358. The van der Waals surface area contributed by atoms with Crippen LogP contribution in [0.15, 0.2) is 12.2 Å². The molecule has 4 rings (SSSR count). The van der Waals surface area contributed by atoms with Gasteiger partial charge >= 0.3 is 0 Å². The lowest BCUT2D eigenvalue weighted by molar-refractivity contribution is -0.0308. The first-order valence-corrected chi connectivity index (χ1v) is 12.4. The van der Waals surface area contributed by atoms with Gasteiger partial charge in [0, 0.05) is 0 Å². The maximum absolute atomic E-state index is 10.2. The number of rotatable bonds is 8. The van der Waals surface area contributed by atoms with Gasteiger partial charge in [0.1, 0.15) is 0 Å². The molecule has 0 bridgehead atoms. The van der Waals surface area contributed by atoms with E-state index < -0.39 is 0 Å². The van der Waals surface area contributed by atoms with E-state index in [-0.39, 0.29) is 17.6 Å². The molecule has 29 heavy (non-hydrogen) atoms. The highest BCUT2D eigenvalue weighted by Crippen LogP contribution is 2.63. The topological polar surface area (TPSA) is 64.3 Å². The van der Waals surface area contributed by atoms with Crippen LogP contribution in [0.3, 0.4) is 0 Å².